The maximum absolute atomic E-state index is 12.6. The number of hydrogen-bond donors (Lipinski definition) is 2. The zero-order valence-corrected chi connectivity index (χ0v) is 17.4. The van der Waals surface area contributed by atoms with Gasteiger partial charge in [-0.2, -0.15) is 11.8 Å². The highest BCUT2D eigenvalue weighted by Crippen LogP contribution is 2.33. The number of nitrogens with zero attached hydrogens (tertiary/aromatic N) is 2. The van der Waals surface area contributed by atoms with Gasteiger partial charge in [0.1, 0.15) is 12.1 Å². The molecule has 0 bridgehead atoms. The number of sulfonamides is 1. The number of nitrogens with one attached hydrogen (secondary N) is 2. The molecule has 1 aromatic rings. The summed E-state index contributed by atoms with van der Waals surface area (Å²) in [5.41, 5.74) is -0.0885. The molecule has 2 aliphatic heterocycles. The Labute approximate surface area is 167 Å². The van der Waals surface area contributed by atoms with Gasteiger partial charge in [-0.05, 0) is 36.8 Å². The molecule has 0 saturated carbocycles. The van der Waals surface area contributed by atoms with Crippen LogP contribution in [0.5, 0.6) is 0 Å². The van der Waals surface area contributed by atoms with Crippen LogP contribution in [-0.2, 0) is 19.6 Å². The number of amides is 4. The Kier molecular flexibility index (Phi) is 5.43. The molecule has 1 aromatic carbocycles. The zero-order valence-electron chi connectivity index (χ0n) is 15.8. The maximum atomic E-state index is 12.6. The molecule has 0 aromatic heterocycles. The Balaban J connectivity index is 1.74. The minimum atomic E-state index is -3.67. The van der Waals surface area contributed by atoms with E-state index in [1.54, 1.807) is 30.8 Å². The van der Waals surface area contributed by atoms with Crippen molar-refractivity contribution in [3.05, 3.63) is 23.8 Å². The summed E-state index contributed by atoms with van der Waals surface area (Å²) < 4.78 is 25.9. The fourth-order valence-corrected chi connectivity index (χ4v) is 5.62. The molecule has 2 aliphatic rings. The summed E-state index contributed by atoms with van der Waals surface area (Å²) in [6, 6.07) is 3.94. The van der Waals surface area contributed by atoms with E-state index in [0.717, 1.165) is 15.0 Å². The van der Waals surface area contributed by atoms with Crippen molar-refractivity contribution in [2.75, 3.05) is 37.5 Å². The minimum absolute atomic E-state index is 0.0761. The summed E-state index contributed by atoms with van der Waals surface area (Å²) in [5.74, 6) is 0.304. The Morgan fingerprint density at radius 3 is 2.68 bits per heavy atom. The van der Waals surface area contributed by atoms with E-state index in [1.165, 1.54) is 20.2 Å². The lowest BCUT2D eigenvalue weighted by atomic mass is 9.99. The second-order valence-corrected chi connectivity index (χ2v) is 10.2. The Morgan fingerprint density at radius 2 is 2.07 bits per heavy atom. The number of urea groups is 1. The molecule has 28 heavy (non-hydrogen) atoms. The first-order valence-corrected chi connectivity index (χ1v) is 11.2. The Morgan fingerprint density at radius 1 is 1.36 bits per heavy atom. The van der Waals surface area contributed by atoms with Gasteiger partial charge in [0.2, 0.25) is 15.9 Å². The van der Waals surface area contributed by atoms with Crippen LogP contribution in [0.25, 0.3) is 0 Å². The van der Waals surface area contributed by atoms with Crippen LogP contribution in [0, 0.1) is 6.92 Å². The quantitative estimate of drug-likeness (QED) is 0.667. The molecule has 0 aliphatic carbocycles. The highest BCUT2D eigenvalue weighted by Gasteiger charge is 2.53. The number of anilines is 1. The third kappa shape index (κ3) is 3.61. The predicted molar refractivity (Wildman–Crippen MR) is 106 cm³/mol. The van der Waals surface area contributed by atoms with E-state index >= 15 is 0 Å². The van der Waals surface area contributed by atoms with Gasteiger partial charge in [0, 0.05) is 25.5 Å². The average molecular weight is 427 g/mol. The smallest absolute Gasteiger partial charge is 0.324 e. The molecule has 1 spiro atoms. The molecule has 1 atom stereocenters. The van der Waals surface area contributed by atoms with Crippen molar-refractivity contribution in [2.24, 2.45) is 0 Å². The average Bonchev–Trinajstić information content (AvgIpc) is 3.17. The summed E-state index contributed by atoms with van der Waals surface area (Å²) in [6.45, 7) is 1.23. The van der Waals surface area contributed by atoms with Gasteiger partial charge in [-0.1, -0.05) is 6.07 Å². The van der Waals surface area contributed by atoms with Crippen LogP contribution in [0.3, 0.4) is 0 Å². The van der Waals surface area contributed by atoms with E-state index in [0.29, 0.717) is 17.7 Å². The van der Waals surface area contributed by atoms with E-state index in [1.807, 2.05) is 0 Å². The minimum Gasteiger partial charge on any atom is -0.324 e. The number of carbonyl (C=O) groups excluding carboxylic acids is 3. The molecule has 11 heteroatoms. The number of rotatable bonds is 5. The number of imide groups is 1. The maximum Gasteiger partial charge on any atom is 0.325 e. The second-order valence-electron chi connectivity index (χ2n) is 7.02. The van der Waals surface area contributed by atoms with Crippen molar-refractivity contribution in [3.8, 4) is 0 Å². The van der Waals surface area contributed by atoms with E-state index in [-0.39, 0.29) is 10.6 Å². The summed E-state index contributed by atoms with van der Waals surface area (Å²) in [4.78, 5) is 38.1. The molecule has 3 rings (SSSR count). The molecule has 4 amide bonds. The fourth-order valence-electron chi connectivity index (χ4n) is 3.15. The zero-order chi connectivity index (χ0) is 20.7. The van der Waals surface area contributed by atoms with Crippen LogP contribution in [-0.4, -0.2) is 73.2 Å². The first-order chi connectivity index (χ1) is 13.1. The Bertz CT molecular complexity index is 939. The highest BCUT2D eigenvalue weighted by molar-refractivity contribution is 7.99. The van der Waals surface area contributed by atoms with Gasteiger partial charge in [0.15, 0.2) is 0 Å². The predicted octanol–water partition coefficient (Wildman–Crippen LogP) is 0.611. The van der Waals surface area contributed by atoms with Gasteiger partial charge in [0.05, 0.1) is 4.90 Å². The van der Waals surface area contributed by atoms with Gasteiger partial charge in [0.25, 0.3) is 5.91 Å². The first-order valence-electron chi connectivity index (χ1n) is 8.62. The molecular formula is C17H22N4O5S2. The van der Waals surface area contributed by atoms with Crippen molar-refractivity contribution >= 4 is 45.3 Å². The van der Waals surface area contributed by atoms with Gasteiger partial charge in [-0.3, -0.25) is 14.5 Å². The number of benzene rings is 1. The normalized spacial score (nSPS) is 22.2. The topological polar surface area (TPSA) is 116 Å². The summed E-state index contributed by atoms with van der Waals surface area (Å²) in [5, 5.41) is 5.27. The molecule has 1 unspecified atom stereocenters. The molecule has 2 heterocycles. The van der Waals surface area contributed by atoms with E-state index < -0.39 is 40.0 Å². The fraction of sp³-hybridized carbons (Fsp3) is 0.471. The van der Waals surface area contributed by atoms with E-state index in [9.17, 15) is 22.8 Å². The standard InChI is InChI=1S/C17H22N4O5S2/c1-11-4-5-12(8-13(11)28(25,26)20(2)3)18-14(22)9-21-15(23)17(19-16(21)24)6-7-27-10-17/h4-5,8H,6-7,9-10H2,1-3H3,(H,18,22)(H,19,24). The molecule has 9 nitrogen and oxygen atoms in total. The van der Waals surface area contributed by atoms with Crippen LogP contribution in [0.1, 0.15) is 12.0 Å². The highest BCUT2D eigenvalue weighted by atomic mass is 32.2. The lowest BCUT2D eigenvalue weighted by Crippen LogP contribution is -2.47. The summed E-state index contributed by atoms with van der Waals surface area (Å²) >= 11 is 1.58. The number of thioether (sulfide) groups is 1. The number of carbonyl (C=O) groups is 3. The monoisotopic (exact) mass is 426 g/mol. The summed E-state index contributed by atoms with van der Waals surface area (Å²) in [6.07, 6.45) is 0.546. The van der Waals surface area contributed by atoms with Crippen molar-refractivity contribution in [1.82, 2.24) is 14.5 Å². The van der Waals surface area contributed by atoms with Crippen LogP contribution in [0.15, 0.2) is 23.1 Å². The lowest BCUT2D eigenvalue weighted by Gasteiger charge is -2.19. The molecule has 152 valence electrons. The van der Waals surface area contributed by atoms with E-state index in [4.69, 9.17) is 0 Å². The van der Waals surface area contributed by atoms with Gasteiger partial charge < -0.3 is 10.6 Å². The van der Waals surface area contributed by atoms with Crippen LogP contribution >= 0.6 is 11.8 Å². The third-order valence-corrected chi connectivity index (χ3v) is 7.95. The third-order valence-electron chi connectivity index (χ3n) is 4.80. The number of hydrogen-bond acceptors (Lipinski definition) is 6. The molecule has 2 saturated heterocycles. The van der Waals surface area contributed by atoms with Crippen molar-refractivity contribution in [2.45, 2.75) is 23.8 Å². The summed E-state index contributed by atoms with van der Waals surface area (Å²) in [7, 11) is -0.819. The van der Waals surface area contributed by atoms with Gasteiger partial charge in [-0.25, -0.2) is 17.5 Å². The van der Waals surface area contributed by atoms with E-state index in [2.05, 4.69) is 10.6 Å². The van der Waals surface area contributed by atoms with Crippen molar-refractivity contribution in [3.63, 3.8) is 0 Å². The first kappa shape index (κ1) is 20.6. The lowest BCUT2D eigenvalue weighted by molar-refractivity contribution is -0.133. The number of aryl methyl sites for hydroxylation is 1. The second kappa shape index (κ2) is 7.37. The molecule has 2 fully saturated rings. The van der Waals surface area contributed by atoms with Crippen LogP contribution < -0.4 is 10.6 Å². The van der Waals surface area contributed by atoms with Gasteiger partial charge in [-0.15, -0.1) is 0 Å². The van der Waals surface area contributed by atoms with Gasteiger partial charge >= 0.3 is 6.03 Å². The molecular weight excluding hydrogens is 404 g/mol. The SMILES string of the molecule is Cc1ccc(NC(=O)CN2C(=O)NC3(CCSC3)C2=O)cc1S(=O)(=O)N(C)C. The van der Waals surface area contributed by atoms with Crippen molar-refractivity contribution in [1.29, 1.82) is 0 Å². The molecule has 2 N–H and O–H groups in total. The largest absolute Gasteiger partial charge is 0.325 e. The Hall–Kier alpha value is -2.11. The van der Waals surface area contributed by atoms with Crippen LogP contribution in [0.4, 0.5) is 10.5 Å². The molecule has 0 radical (unpaired) electrons. The van der Waals surface area contributed by atoms with Crippen molar-refractivity contribution < 1.29 is 22.8 Å². The van der Waals surface area contributed by atoms with Crippen LogP contribution in [0.2, 0.25) is 0 Å².